The highest BCUT2D eigenvalue weighted by atomic mass is 16.4. The van der Waals surface area contributed by atoms with Gasteiger partial charge in [0.2, 0.25) is 5.91 Å². The fourth-order valence-electron chi connectivity index (χ4n) is 1.71. The molecule has 0 aromatic rings. The highest BCUT2D eigenvalue weighted by molar-refractivity contribution is 5.84. The summed E-state index contributed by atoms with van der Waals surface area (Å²) >= 11 is 0. The fraction of sp³-hybridized carbons (Fsp3) is 0.778. The number of amides is 1. The molecule has 2 atom stereocenters. The number of carbonyl (C=O) groups excluding carboxylic acids is 1. The van der Waals surface area contributed by atoms with Gasteiger partial charge in [0.15, 0.2) is 6.04 Å². The lowest BCUT2D eigenvalue weighted by Gasteiger charge is -2.22. The van der Waals surface area contributed by atoms with E-state index in [4.69, 9.17) is 5.11 Å². The van der Waals surface area contributed by atoms with Crippen molar-refractivity contribution in [3.8, 4) is 0 Å². The Balaban J connectivity index is 2.69. The van der Waals surface area contributed by atoms with E-state index in [2.05, 4.69) is 0 Å². The molecule has 0 spiro atoms. The Morgan fingerprint density at radius 3 is 2.64 bits per heavy atom. The number of carboxylic acid groups (broad SMARTS) is 1. The Bertz CT molecular complexity index is 241. The molecule has 80 valence electrons. The van der Waals surface area contributed by atoms with Crippen molar-refractivity contribution in [3.63, 3.8) is 0 Å². The molecule has 0 unspecified atom stereocenters. The van der Waals surface area contributed by atoms with Crippen molar-refractivity contribution < 1.29 is 19.8 Å². The van der Waals surface area contributed by atoms with Crippen molar-refractivity contribution in [1.82, 2.24) is 4.90 Å². The summed E-state index contributed by atoms with van der Waals surface area (Å²) in [7, 11) is 0. The van der Waals surface area contributed by atoms with E-state index in [1.54, 1.807) is 0 Å². The van der Waals surface area contributed by atoms with Crippen LogP contribution < -0.4 is 0 Å². The lowest BCUT2D eigenvalue weighted by Crippen LogP contribution is -2.44. The Labute approximate surface area is 82.3 Å². The van der Waals surface area contributed by atoms with E-state index in [1.165, 1.54) is 4.90 Å². The van der Waals surface area contributed by atoms with Gasteiger partial charge in [-0.05, 0) is 12.8 Å². The van der Waals surface area contributed by atoms with E-state index in [0.29, 0.717) is 25.8 Å². The minimum absolute atomic E-state index is 0.184. The summed E-state index contributed by atoms with van der Waals surface area (Å²) < 4.78 is 0. The van der Waals surface area contributed by atoms with Crippen LogP contribution in [0.2, 0.25) is 0 Å². The highest BCUT2D eigenvalue weighted by Gasteiger charge is 2.40. The van der Waals surface area contributed by atoms with Gasteiger partial charge in [0, 0.05) is 13.0 Å². The number of nitrogens with zero attached hydrogens (tertiary/aromatic N) is 1. The number of carbonyl (C=O) groups is 2. The summed E-state index contributed by atoms with van der Waals surface area (Å²) in [6.07, 6.45) is 0.467. The zero-order valence-corrected chi connectivity index (χ0v) is 8.14. The standard InChI is InChI=1S/C9H15NO4/c1-2-3-7(12)10-5-4-6(11)8(10)9(13)14/h6,8,11H,2-5H2,1H3,(H,13,14)/t6-,8+/m0/s1. The third-order valence-electron chi connectivity index (χ3n) is 2.40. The fourth-order valence-corrected chi connectivity index (χ4v) is 1.71. The predicted molar refractivity (Wildman–Crippen MR) is 48.7 cm³/mol. The van der Waals surface area contributed by atoms with Crippen LogP contribution in [0.1, 0.15) is 26.2 Å². The Hall–Kier alpha value is -1.10. The molecule has 0 radical (unpaired) electrons. The molecule has 1 aliphatic rings. The topological polar surface area (TPSA) is 77.8 Å². The smallest absolute Gasteiger partial charge is 0.329 e. The average molecular weight is 201 g/mol. The lowest BCUT2D eigenvalue weighted by atomic mass is 10.1. The van der Waals surface area contributed by atoms with E-state index in [9.17, 15) is 14.7 Å². The normalized spacial score (nSPS) is 26.6. The van der Waals surface area contributed by atoms with Crippen LogP contribution in [0.5, 0.6) is 0 Å². The first-order chi connectivity index (χ1) is 6.57. The quantitative estimate of drug-likeness (QED) is 0.664. The number of aliphatic hydroxyl groups is 1. The molecule has 0 aliphatic carbocycles. The summed E-state index contributed by atoms with van der Waals surface area (Å²) in [6, 6.07) is -1.05. The number of carboxylic acids is 1. The molecule has 1 amide bonds. The molecular weight excluding hydrogens is 186 g/mol. The second-order valence-corrected chi connectivity index (χ2v) is 3.48. The molecule has 1 heterocycles. The van der Waals surface area contributed by atoms with Crippen LogP contribution in [0.3, 0.4) is 0 Å². The van der Waals surface area contributed by atoms with Crippen molar-refractivity contribution in [2.45, 2.75) is 38.3 Å². The summed E-state index contributed by atoms with van der Waals surface area (Å²) in [5.74, 6) is -1.31. The molecule has 1 rings (SSSR count). The van der Waals surface area contributed by atoms with E-state index in [1.807, 2.05) is 6.92 Å². The van der Waals surface area contributed by atoms with Gasteiger partial charge in [-0.2, -0.15) is 0 Å². The van der Waals surface area contributed by atoms with E-state index in [-0.39, 0.29) is 5.91 Å². The number of likely N-dealkylation sites (tertiary alicyclic amines) is 1. The number of rotatable bonds is 3. The van der Waals surface area contributed by atoms with Gasteiger partial charge in [-0.1, -0.05) is 6.92 Å². The van der Waals surface area contributed by atoms with Crippen LogP contribution in [0, 0.1) is 0 Å². The average Bonchev–Trinajstić information content (AvgIpc) is 2.47. The maximum atomic E-state index is 11.5. The van der Waals surface area contributed by atoms with Crippen LogP contribution in [-0.4, -0.2) is 45.7 Å². The monoisotopic (exact) mass is 201 g/mol. The molecule has 1 fully saturated rings. The van der Waals surface area contributed by atoms with Crippen molar-refractivity contribution in [2.75, 3.05) is 6.54 Å². The lowest BCUT2D eigenvalue weighted by molar-refractivity contribution is -0.151. The predicted octanol–water partition coefficient (Wildman–Crippen LogP) is -0.167. The molecule has 0 aromatic heterocycles. The first kappa shape index (κ1) is 11.0. The minimum atomic E-state index is -1.13. The van der Waals surface area contributed by atoms with Gasteiger partial charge in [0.1, 0.15) is 0 Å². The zero-order chi connectivity index (χ0) is 10.7. The summed E-state index contributed by atoms with van der Waals surface area (Å²) in [4.78, 5) is 23.5. The van der Waals surface area contributed by atoms with Gasteiger partial charge in [0.25, 0.3) is 0 Å². The van der Waals surface area contributed by atoms with Crippen LogP contribution in [-0.2, 0) is 9.59 Å². The molecule has 1 saturated heterocycles. The van der Waals surface area contributed by atoms with Gasteiger partial charge >= 0.3 is 5.97 Å². The third kappa shape index (κ3) is 2.04. The van der Waals surface area contributed by atoms with Crippen LogP contribution in [0.4, 0.5) is 0 Å². The first-order valence-electron chi connectivity index (χ1n) is 4.78. The molecule has 1 aliphatic heterocycles. The molecule has 0 bridgehead atoms. The maximum Gasteiger partial charge on any atom is 0.329 e. The van der Waals surface area contributed by atoms with E-state index < -0.39 is 18.1 Å². The van der Waals surface area contributed by atoms with E-state index in [0.717, 1.165) is 0 Å². The number of hydrogen-bond acceptors (Lipinski definition) is 3. The maximum absolute atomic E-state index is 11.5. The Morgan fingerprint density at radius 1 is 1.50 bits per heavy atom. The van der Waals surface area contributed by atoms with Crippen LogP contribution in [0.25, 0.3) is 0 Å². The second kappa shape index (κ2) is 4.41. The van der Waals surface area contributed by atoms with Gasteiger partial charge in [0.05, 0.1) is 6.10 Å². The largest absolute Gasteiger partial charge is 0.480 e. The van der Waals surface area contributed by atoms with Crippen molar-refractivity contribution >= 4 is 11.9 Å². The SMILES string of the molecule is CCCC(=O)N1CC[C@H](O)[C@@H]1C(=O)O. The molecule has 5 nitrogen and oxygen atoms in total. The second-order valence-electron chi connectivity index (χ2n) is 3.48. The molecule has 2 N–H and O–H groups in total. The van der Waals surface area contributed by atoms with Crippen LogP contribution in [0.15, 0.2) is 0 Å². The van der Waals surface area contributed by atoms with Gasteiger partial charge < -0.3 is 15.1 Å². The Morgan fingerprint density at radius 2 is 2.14 bits per heavy atom. The summed E-state index contributed by atoms with van der Waals surface area (Å²) in [5, 5.41) is 18.2. The highest BCUT2D eigenvalue weighted by Crippen LogP contribution is 2.19. The molecular formula is C9H15NO4. The number of aliphatic carboxylic acids is 1. The van der Waals surface area contributed by atoms with Gasteiger partial charge in [-0.15, -0.1) is 0 Å². The van der Waals surface area contributed by atoms with Crippen molar-refractivity contribution in [3.05, 3.63) is 0 Å². The number of hydrogen-bond donors (Lipinski definition) is 2. The Kier molecular flexibility index (Phi) is 3.46. The third-order valence-corrected chi connectivity index (χ3v) is 2.40. The first-order valence-corrected chi connectivity index (χ1v) is 4.78. The minimum Gasteiger partial charge on any atom is -0.480 e. The number of aliphatic hydroxyl groups excluding tert-OH is 1. The summed E-state index contributed by atoms with van der Waals surface area (Å²) in [5.41, 5.74) is 0. The molecule has 0 saturated carbocycles. The van der Waals surface area contributed by atoms with Crippen molar-refractivity contribution in [2.24, 2.45) is 0 Å². The zero-order valence-electron chi connectivity index (χ0n) is 8.14. The van der Waals surface area contributed by atoms with Gasteiger partial charge in [-0.25, -0.2) is 4.79 Å². The van der Waals surface area contributed by atoms with Gasteiger partial charge in [-0.3, -0.25) is 4.79 Å². The molecule has 14 heavy (non-hydrogen) atoms. The van der Waals surface area contributed by atoms with Crippen molar-refractivity contribution in [1.29, 1.82) is 0 Å². The summed E-state index contributed by atoms with van der Waals surface area (Å²) in [6.45, 7) is 2.21. The van der Waals surface area contributed by atoms with Crippen LogP contribution >= 0.6 is 0 Å². The van der Waals surface area contributed by atoms with E-state index >= 15 is 0 Å². The molecule has 5 heteroatoms. The molecule has 0 aromatic carbocycles.